The Morgan fingerprint density at radius 2 is 1.82 bits per heavy atom. The first-order chi connectivity index (χ1) is 15.6. The number of hydrogen-bond acceptors (Lipinski definition) is 4. The highest BCUT2D eigenvalue weighted by Gasteiger charge is 2.54. The highest BCUT2D eigenvalue weighted by molar-refractivity contribution is 14.1. The maximum Gasteiger partial charge on any atom is 0.471 e. The highest BCUT2D eigenvalue weighted by atomic mass is 127. The van der Waals surface area contributed by atoms with Gasteiger partial charge in [-0.25, -0.2) is 0 Å². The van der Waals surface area contributed by atoms with Gasteiger partial charge in [-0.15, -0.1) is 0 Å². The van der Waals surface area contributed by atoms with Crippen molar-refractivity contribution in [2.75, 3.05) is 4.90 Å². The van der Waals surface area contributed by atoms with Crippen molar-refractivity contribution in [2.24, 2.45) is 5.92 Å². The van der Waals surface area contributed by atoms with E-state index in [1.165, 1.54) is 19.1 Å². The fourth-order valence-corrected chi connectivity index (χ4v) is 5.53. The van der Waals surface area contributed by atoms with Crippen LogP contribution in [-0.4, -0.2) is 44.6 Å². The fraction of sp³-hybridized carbons (Fsp3) is 0.583. The quantitative estimate of drug-likeness (QED) is 0.188. The van der Waals surface area contributed by atoms with Crippen molar-refractivity contribution >= 4 is 48.5 Å². The van der Waals surface area contributed by atoms with Crippen LogP contribution in [0.3, 0.4) is 0 Å². The van der Waals surface area contributed by atoms with Crippen LogP contribution in [0.2, 0.25) is 18.1 Å². The van der Waals surface area contributed by atoms with Gasteiger partial charge >= 0.3 is 18.1 Å². The molecule has 5 nitrogen and oxygen atoms in total. The lowest BCUT2D eigenvalue weighted by Gasteiger charge is -2.40. The Hall–Kier alpha value is -1.40. The second-order valence-corrected chi connectivity index (χ2v) is 15.6. The van der Waals surface area contributed by atoms with E-state index in [1.54, 1.807) is 18.2 Å². The molecule has 34 heavy (non-hydrogen) atoms. The summed E-state index contributed by atoms with van der Waals surface area (Å²) in [5.74, 6) is -3.59. The molecule has 1 aliphatic heterocycles. The van der Waals surface area contributed by atoms with Gasteiger partial charge in [-0.1, -0.05) is 67.6 Å². The highest BCUT2D eigenvalue weighted by Crippen LogP contribution is 2.41. The van der Waals surface area contributed by atoms with E-state index in [1.807, 2.05) is 10.2 Å². The van der Waals surface area contributed by atoms with Gasteiger partial charge in [0.15, 0.2) is 8.32 Å². The van der Waals surface area contributed by atoms with Crippen LogP contribution in [0, 0.1) is 5.92 Å². The van der Waals surface area contributed by atoms with Crippen molar-refractivity contribution < 1.29 is 31.9 Å². The predicted molar refractivity (Wildman–Crippen MR) is 137 cm³/mol. The number of hydrogen-bond donors (Lipinski definition) is 0. The van der Waals surface area contributed by atoms with Crippen LogP contribution >= 0.6 is 22.6 Å². The molecule has 0 spiro atoms. The molecule has 1 aromatic rings. The summed E-state index contributed by atoms with van der Waals surface area (Å²) < 4.78 is 54.7. The number of carbonyl (C=O) groups excluding carboxylic acids is 2. The van der Waals surface area contributed by atoms with E-state index in [0.29, 0.717) is 11.3 Å². The Morgan fingerprint density at radius 1 is 1.24 bits per heavy atom. The average Bonchev–Trinajstić information content (AvgIpc) is 2.98. The van der Waals surface area contributed by atoms with E-state index in [9.17, 15) is 22.8 Å². The average molecular weight is 612 g/mol. The molecule has 0 aliphatic carbocycles. The van der Waals surface area contributed by atoms with Crippen LogP contribution in [0.1, 0.15) is 40.5 Å². The molecule has 4 atom stereocenters. The fourth-order valence-electron chi connectivity index (χ4n) is 3.85. The summed E-state index contributed by atoms with van der Waals surface area (Å²) in [5, 5.41) is -0.0928. The van der Waals surface area contributed by atoms with Gasteiger partial charge in [-0.3, -0.25) is 14.5 Å². The van der Waals surface area contributed by atoms with Crippen LogP contribution in [0.15, 0.2) is 40.5 Å². The van der Waals surface area contributed by atoms with E-state index >= 15 is 0 Å². The van der Waals surface area contributed by atoms with Gasteiger partial charge in [0.2, 0.25) is 0 Å². The number of benzene rings is 1. The smallest absolute Gasteiger partial charge is 0.460 e. The Labute approximate surface area is 214 Å². The first kappa shape index (κ1) is 28.8. The first-order valence-corrected chi connectivity index (χ1v) is 15.3. The number of cyclic esters (lactones) is 1. The molecule has 0 radical (unpaired) electrons. The molecule has 1 saturated heterocycles. The van der Waals surface area contributed by atoms with E-state index in [-0.39, 0.29) is 17.1 Å². The van der Waals surface area contributed by atoms with E-state index < -0.39 is 50.5 Å². The van der Waals surface area contributed by atoms with Gasteiger partial charge in [0, 0.05) is 11.8 Å². The van der Waals surface area contributed by atoms with Crippen LogP contribution in [-0.2, 0) is 18.8 Å². The number of amides is 1. The van der Waals surface area contributed by atoms with Crippen molar-refractivity contribution in [2.45, 2.75) is 83.1 Å². The zero-order valence-corrected chi connectivity index (χ0v) is 23.5. The topological polar surface area (TPSA) is 55.8 Å². The molecule has 0 bridgehead atoms. The molecule has 0 aromatic heterocycles. The minimum Gasteiger partial charge on any atom is -0.460 e. The van der Waals surface area contributed by atoms with Crippen molar-refractivity contribution in [3.8, 4) is 0 Å². The van der Waals surface area contributed by atoms with E-state index in [0.717, 1.165) is 0 Å². The molecule has 0 N–H and O–H groups in total. The number of halogens is 4. The van der Waals surface area contributed by atoms with Crippen LogP contribution in [0.4, 0.5) is 18.9 Å². The number of para-hydroxylation sites is 1. The van der Waals surface area contributed by atoms with Crippen LogP contribution in [0.25, 0.3) is 0 Å². The summed E-state index contributed by atoms with van der Waals surface area (Å²) in [5.41, 5.74) is 0.0685. The lowest BCUT2D eigenvalue weighted by Crippen LogP contribution is -2.53. The SMILES string of the molecule is C[C@@H]1OC(=O)[C@H](C[C@@H](C/C=C/I)O[Si](C)(C)C(C)(C)C)[C@H]1N(C(=O)C(F)(F)F)c1ccccc1. The zero-order valence-electron chi connectivity index (χ0n) is 20.4. The standard InChI is InChI=1S/C24H33F3INO4Si/c1-16-20(29(22(31)24(25,26)27)17-11-8-7-9-12-17)19(21(30)32-16)15-18(13-10-14-28)33-34(5,6)23(2,3)4/h7-12,14,16,18-20H,13,15H2,1-6H3/b14-10+/t16-,18+,19+,20-/m0/s1. The minimum absolute atomic E-state index is 0.0685. The van der Waals surface area contributed by atoms with E-state index in [2.05, 4.69) is 56.5 Å². The first-order valence-electron chi connectivity index (χ1n) is 11.2. The third-order valence-corrected chi connectivity index (χ3v) is 11.6. The zero-order chi connectivity index (χ0) is 25.9. The maximum absolute atomic E-state index is 13.6. The summed E-state index contributed by atoms with van der Waals surface area (Å²) in [6, 6.07) is 6.50. The third kappa shape index (κ3) is 6.84. The summed E-state index contributed by atoms with van der Waals surface area (Å²) in [6.45, 7) is 12.0. The summed E-state index contributed by atoms with van der Waals surface area (Å²) >= 11 is 2.09. The van der Waals surface area contributed by atoms with E-state index in [4.69, 9.17) is 9.16 Å². The number of esters is 1. The van der Waals surface area contributed by atoms with Crippen molar-refractivity contribution in [3.05, 3.63) is 40.5 Å². The lowest BCUT2D eigenvalue weighted by atomic mass is 9.90. The molecule has 1 heterocycles. The molecule has 2 rings (SSSR count). The Balaban J connectivity index is 2.47. The molecule has 1 aromatic carbocycles. The lowest BCUT2D eigenvalue weighted by molar-refractivity contribution is -0.171. The van der Waals surface area contributed by atoms with Gasteiger partial charge < -0.3 is 9.16 Å². The Bertz CT molecular complexity index is 886. The molecule has 1 aliphatic rings. The van der Waals surface area contributed by atoms with Gasteiger partial charge in [0.05, 0.1) is 12.0 Å². The van der Waals surface area contributed by atoms with Gasteiger partial charge in [-0.2, -0.15) is 13.2 Å². The number of alkyl halides is 3. The second kappa shape index (κ2) is 11.1. The Morgan fingerprint density at radius 3 is 2.32 bits per heavy atom. The van der Waals surface area contributed by atoms with Crippen molar-refractivity contribution in [1.82, 2.24) is 0 Å². The molecule has 1 fully saturated rings. The second-order valence-electron chi connectivity index (χ2n) is 10.1. The molecular formula is C24H33F3INO4Si. The van der Waals surface area contributed by atoms with Gasteiger partial charge in [0.25, 0.3) is 0 Å². The molecule has 0 unspecified atom stereocenters. The number of nitrogens with zero attached hydrogens (tertiary/aromatic N) is 1. The van der Waals surface area contributed by atoms with Gasteiger partial charge in [0.1, 0.15) is 6.10 Å². The predicted octanol–water partition coefficient (Wildman–Crippen LogP) is 6.63. The monoisotopic (exact) mass is 611 g/mol. The summed E-state index contributed by atoms with van der Waals surface area (Å²) in [4.78, 5) is 26.1. The van der Waals surface area contributed by atoms with Crippen molar-refractivity contribution in [1.29, 1.82) is 0 Å². The minimum atomic E-state index is -5.10. The molecule has 10 heteroatoms. The molecular weight excluding hydrogens is 578 g/mol. The van der Waals surface area contributed by atoms with Crippen LogP contribution in [0.5, 0.6) is 0 Å². The summed E-state index contributed by atoms with van der Waals surface area (Å²) in [7, 11) is -2.24. The number of rotatable bonds is 8. The number of ether oxygens (including phenoxy) is 1. The molecule has 0 saturated carbocycles. The summed E-state index contributed by atoms with van der Waals surface area (Å²) in [6.07, 6.45) is -3.86. The largest absolute Gasteiger partial charge is 0.471 e. The third-order valence-electron chi connectivity index (χ3n) is 6.56. The number of anilines is 1. The van der Waals surface area contributed by atoms with Crippen LogP contribution < -0.4 is 4.90 Å². The number of carbonyl (C=O) groups is 2. The normalized spacial score (nSPS) is 22.6. The van der Waals surface area contributed by atoms with Crippen molar-refractivity contribution in [3.63, 3.8) is 0 Å². The molecule has 190 valence electrons. The van der Waals surface area contributed by atoms with Gasteiger partial charge in [-0.05, 0) is 54.1 Å². The molecule has 1 amide bonds. The Kier molecular flexibility index (Phi) is 9.42. The maximum atomic E-state index is 13.6.